The number of benzene rings is 1. The van der Waals surface area contributed by atoms with Gasteiger partial charge in [0, 0.05) is 0 Å². The molecular weight excluding hydrogens is 274 g/mol. The van der Waals surface area contributed by atoms with E-state index in [2.05, 4.69) is 5.32 Å². The van der Waals surface area contributed by atoms with Gasteiger partial charge in [-0.3, -0.25) is 4.79 Å². The summed E-state index contributed by atoms with van der Waals surface area (Å²) in [6.45, 7) is 4.34. The topological polar surface area (TPSA) is 99.0 Å². The molecule has 0 saturated heterocycles. The highest BCUT2D eigenvalue weighted by Crippen LogP contribution is 2.29. The molecule has 4 N–H and O–H groups in total. The van der Waals surface area contributed by atoms with E-state index in [0.29, 0.717) is 18.1 Å². The number of hydrogen-bond donors (Lipinski definition) is 4. The van der Waals surface area contributed by atoms with Crippen LogP contribution in [0.2, 0.25) is 0 Å². The van der Waals surface area contributed by atoms with E-state index in [4.69, 9.17) is 4.74 Å². The van der Waals surface area contributed by atoms with Crippen molar-refractivity contribution in [1.29, 1.82) is 0 Å². The van der Waals surface area contributed by atoms with Gasteiger partial charge in [-0.05, 0) is 37.1 Å². The highest BCUT2D eigenvalue weighted by Gasteiger charge is 2.28. The second kappa shape index (κ2) is 7.85. The van der Waals surface area contributed by atoms with Crippen molar-refractivity contribution in [2.75, 3.05) is 13.7 Å². The smallest absolute Gasteiger partial charge is 0.326 e. The van der Waals surface area contributed by atoms with Crippen LogP contribution in [0.15, 0.2) is 18.2 Å². The molecule has 0 aliphatic heterocycles. The van der Waals surface area contributed by atoms with Crippen molar-refractivity contribution >= 4 is 5.97 Å². The molecule has 0 fully saturated rings. The summed E-state index contributed by atoms with van der Waals surface area (Å²) in [5, 5.41) is 31.6. The molecule has 1 aromatic carbocycles. The monoisotopic (exact) mass is 297 g/mol. The summed E-state index contributed by atoms with van der Waals surface area (Å²) in [5.41, 5.74) is 0.311. The van der Waals surface area contributed by atoms with E-state index in [1.165, 1.54) is 25.2 Å². The molecule has 0 amide bonds. The molecule has 118 valence electrons. The van der Waals surface area contributed by atoms with Gasteiger partial charge < -0.3 is 25.4 Å². The average molecular weight is 297 g/mol. The number of carbonyl (C=O) groups is 1. The fraction of sp³-hybridized carbons (Fsp3) is 0.533. The van der Waals surface area contributed by atoms with Gasteiger partial charge in [0.05, 0.1) is 6.61 Å². The van der Waals surface area contributed by atoms with Crippen LogP contribution in [0.5, 0.6) is 11.5 Å². The van der Waals surface area contributed by atoms with E-state index in [1.807, 2.05) is 13.8 Å². The summed E-state index contributed by atoms with van der Waals surface area (Å²) in [6, 6.07) is 2.96. The Hall–Kier alpha value is -1.79. The lowest BCUT2D eigenvalue weighted by molar-refractivity contribution is -0.149. The number of rotatable bonds is 7. The van der Waals surface area contributed by atoms with Crippen molar-refractivity contribution < 1.29 is 24.9 Å². The van der Waals surface area contributed by atoms with Crippen molar-refractivity contribution in [2.45, 2.75) is 32.4 Å². The zero-order valence-corrected chi connectivity index (χ0v) is 12.5. The van der Waals surface area contributed by atoms with E-state index >= 15 is 0 Å². The van der Waals surface area contributed by atoms with Crippen molar-refractivity contribution in [1.82, 2.24) is 5.32 Å². The SMILES string of the molecule is CN[C@H](C(=O)OCCC(C)C)C(O)c1ccc(O)c(O)c1. The first kappa shape index (κ1) is 17.3. The number of hydrogen-bond acceptors (Lipinski definition) is 6. The zero-order chi connectivity index (χ0) is 16.0. The maximum Gasteiger partial charge on any atom is 0.326 e. The summed E-state index contributed by atoms with van der Waals surface area (Å²) in [7, 11) is 1.54. The highest BCUT2D eigenvalue weighted by atomic mass is 16.5. The van der Waals surface area contributed by atoms with Gasteiger partial charge >= 0.3 is 5.97 Å². The Balaban J connectivity index is 2.73. The molecule has 0 aliphatic rings. The summed E-state index contributed by atoms with van der Waals surface area (Å²) in [4.78, 5) is 12.0. The van der Waals surface area contributed by atoms with Crippen molar-refractivity contribution in [2.24, 2.45) is 5.92 Å². The van der Waals surface area contributed by atoms with Crippen LogP contribution in [0.25, 0.3) is 0 Å². The van der Waals surface area contributed by atoms with E-state index in [9.17, 15) is 20.1 Å². The fourth-order valence-electron chi connectivity index (χ4n) is 1.81. The number of phenolic OH excluding ortho intramolecular Hbond substituents is 2. The quantitative estimate of drug-likeness (QED) is 0.447. The molecule has 1 unspecified atom stereocenters. The molecule has 0 radical (unpaired) electrons. The number of phenols is 2. The number of esters is 1. The van der Waals surface area contributed by atoms with Gasteiger partial charge in [0.2, 0.25) is 0 Å². The third-order valence-corrected chi connectivity index (χ3v) is 3.16. The number of aliphatic hydroxyl groups excluding tert-OH is 1. The molecule has 6 heteroatoms. The number of aromatic hydroxyl groups is 2. The molecule has 0 aliphatic carbocycles. The second-order valence-corrected chi connectivity index (χ2v) is 5.31. The Morgan fingerprint density at radius 2 is 1.95 bits per heavy atom. The molecule has 1 aromatic rings. The van der Waals surface area contributed by atoms with Crippen molar-refractivity contribution in [3.63, 3.8) is 0 Å². The molecule has 0 bridgehead atoms. The zero-order valence-electron chi connectivity index (χ0n) is 12.5. The minimum absolute atomic E-state index is 0.286. The predicted molar refractivity (Wildman–Crippen MR) is 78.0 cm³/mol. The van der Waals surface area contributed by atoms with Crippen LogP contribution in [-0.2, 0) is 9.53 Å². The van der Waals surface area contributed by atoms with Gasteiger partial charge in [0.25, 0.3) is 0 Å². The molecule has 0 spiro atoms. The molecule has 6 nitrogen and oxygen atoms in total. The number of ether oxygens (including phenoxy) is 1. The first-order valence-electron chi connectivity index (χ1n) is 6.90. The Morgan fingerprint density at radius 3 is 2.48 bits per heavy atom. The van der Waals surface area contributed by atoms with Crippen LogP contribution >= 0.6 is 0 Å². The van der Waals surface area contributed by atoms with Gasteiger partial charge in [0.15, 0.2) is 11.5 Å². The summed E-state index contributed by atoms with van der Waals surface area (Å²) in [6.07, 6.45) is -0.439. The lowest BCUT2D eigenvalue weighted by Gasteiger charge is -2.21. The van der Waals surface area contributed by atoms with Crippen molar-refractivity contribution in [3.05, 3.63) is 23.8 Å². The standard InChI is InChI=1S/C15H23NO5/c1-9(2)6-7-21-15(20)13(16-3)14(19)10-4-5-11(17)12(18)8-10/h4-5,8-9,13-14,16-19H,6-7H2,1-3H3/t13-,14?/m0/s1. The molecule has 2 atom stereocenters. The van der Waals surface area contributed by atoms with Gasteiger partial charge in [-0.25, -0.2) is 0 Å². The lowest BCUT2D eigenvalue weighted by atomic mass is 10.0. The summed E-state index contributed by atoms with van der Waals surface area (Å²) >= 11 is 0. The first-order valence-corrected chi connectivity index (χ1v) is 6.90. The highest BCUT2D eigenvalue weighted by molar-refractivity contribution is 5.77. The van der Waals surface area contributed by atoms with Gasteiger partial charge in [-0.2, -0.15) is 0 Å². The first-order chi connectivity index (χ1) is 9.86. The maximum absolute atomic E-state index is 12.0. The third-order valence-electron chi connectivity index (χ3n) is 3.16. The Labute approximate surface area is 124 Å². The molecule has 0 saturated carbocycles. The largest absolute Gasteiger partial charge is 0.504 e. The molecule has 0 heterocycles. The number of likely N-dealkylation sites (N-methyl/N-ethyl adjacent to an activating group) is 1. The Bertz CT molecular complexity index is 475. The fourth-order valence-corrected chi connectivity index (χ4v) is 1.81. The van der Waals surface area contributed by atoms with E-state index < -0.39 is 18.1 Å². The Morgan fingerprint density at radius 1 is 1.29 bits per heavy atom. The average Bonchev–Trinajstić information content (AvgIpc) is 2.42. The van der Waals surface area contributed by atoms with Crippen LogP contribution < -0.4 is 5.32 Å². The molecule has 21 heavy (non-hydrogen) atoms. The van der Waals surface area contributed by atoms with Gasteiger partial charge in [-0.1, -0.05) is 19.9 Å². The van der Waals surface area contributed by atoms with E-state index in [1.54, 1.807) is 0 Å². The van der Waals surface area contributed by atoms with Crippen LogP contribution in [0.3, 0.4) is 0 Å². The van der Waals surface area contributed by atoms with Gasteiger partial charge in [0.1, 0.15) is 12.1 Å². The number of nitrogens with one attached hydrogen (secondary N) is 1. The second-order valence-electron chi connectivity index (χ2n) is 5.31. The molecule has 0 aromatic heterocycles. The van der Waals surface area contributed by atoms with Crippen LogP contribution in [0, 0.1) is 5.92 Å². The third kappa shape index (κ3) is 4.91. The van der Waals surface area contributed by atoms with Crippen LogP contribution in [-0.4, -0.2) is 41.0 Å². The molecule has 1 rings (SSSR count). The molecular formula is C15H23NO5. The van der Waals surface area contributed by atoms with Crippen LogP contribution in [0.1, 0.15) is 31.9 Å². The van der Waals surface area contributed by atoms with E-state index in [-0.39, 0.29) is 11.5 Å². The van der Waals surface area contributed by atoms with E-state index in [0.717, 1.165) is 6.42 Å². The Kier molecular flexibility index (Phi) is 6.45. The summed E-state index contributed by atoms with van der Waals surface area (Å²) in [5.74, 6) is -0.774. The minimum atomic E-state index is -1.19. The summed E-state index contributed by atoms with van der Waals surface area (Å²) < 4.78 is 5.13. The lowest BCUT2D eigenvalue weighted by Crippen LogP contribution is -2.41. The predicted octanol–water partition coefficient (Wildman–Crippen LogP) is 1.31. The number of carbonyl (C=O) groups excluding carboxylic acids is 1. The number of aliphatic hydroxyl groups is 1. The maximum atomic E-state index is 12.0. The van der Waals surface area contributed by atoms with Gasteiger partial charge in [-0.15, -0.1) is 0 Å². The normalized spacial score (nSPS) is 14.0. The minimum Gasteiger partial charge on any atom is -0.504 e. The van der Waals surface area contributed by atoms with Crippen molar-refractivity contribution in [3.8, 4) is 11.5 Å². The van der Waals surface area contributed by atoms with Crippen LogP contribution in [0.4, 0.5) is 0 Å².